The van der Waals surface area contributed by atoms with Gasteiger partial charge in [-0.1, -0.05) is 13.8 Å². The molecule has 1 N–H and O–H groups in total. The number of hydrogen-bond donors (Lipinski definition) is 1. The highest BCUT2D eigenvalue weighted by Crippen LogP contribution is 2.52. The second kappa shape index (κ2) is 4.91. The molecule has 19 heavy (non-hydrogen) atoms. The van der Waals surface area contributed by atoms with Gasteiger partial charge in [0, 0.05) is 18.1 Å². The first kappa shape index (κ1) is 14.5. The van der Waals surface area contributed by atoms with Crippen LogP contribution < -0.4 is 5.32 Å². The van der Waals surface area contributed by atoms with Crippen molar-refractivity contribution in [3.63, 3.8) is 0 Å². The van der Waals surface area contributed by atoms with E-state index < -0.39 is 0 Å². The van der Waals surface area contributed by atoms with E-state index in [1.165, 1.54) is 5.69 Å². The number of nitrogens with zero attached hydrogens (tertiary/aromatic N) is 2. The molecule has 0 bridgehead atoms. The molecule has 0 radical (unpaired) electrons. The molecule has 4 nitrogen and oxygen atoms in total. The van der Waals surface area contributed by atoms with Crippen LogP contribution in [-0.4, -0.2) is 29.3 Å². The minimum absolute atomic E-state index is 0.0662. The van der Waals surface area contributed by atoms with E-state index in [0.29, 0.717) is 12.1 Å². The first-order valence-electron chi connectivity index (χ1n) is 7.17. The topological polar surface area (TPSA) is 39.1 Å². The van der Waals surface area contributed by atoms with Crippen LogP contribution in [0.1, 0.15) is 52.8 Å². The van der Waals surface area contributed by atoms with Crippen LogP contribution in [0.15, 0.2) is 12.5 Å². The lowest BCUT2D eigenvalue weighted by atomic mass is 9.64. The third-order valence-corrected chi connectivity index (χ3v) is 4.76. The van der Waals surface area contributed by atoms with Crippen molar-refractivity contribution in [2.45, 2.75) is 58.7 Å². The summed E-state index contributed by atoms with van der Waals surface area (Å²) in [7, 11) is 1.99. The molecular formula is C15H27N3O. The first-order chi connectivity index (χ1) is 8.84. The number of nitrogens with one attached hydrogen (secondary N) is 1. The summed E-state index contributed by atoms with van der Waals surface area (Å²) >= 11 is 0. The Morgan fingerprint density at radius 2 is 2.21 bits per heavy atom. The summed E-state index contributed by atoms with van der Waals surface area (Å²) < 4.78 is 8.15. The van der Waals surface area contributed by atoms with Crippen molar-refractivity contribution < 1.29 is 4.74 Å². The van der Waals surface area contributed by atoms with Crippen LogP contribution in [0, 0.1) is 5.41 Å². The summed E-state index contributed by atoms with van der Waals surface area (Å²) in [6.07, 6.45) is 5.36. The fourth-order valence-electron chi connectivity index (χ4n) is 2.99. The van der Waals surface area contributed by atoms with Gasteiger partial charge in [-0.3, -0.25) is 0 Å². The van der Waals surface area contributed by atoms with Gasteiger partial charge in [-0.2, -0.15) is 0 Å². The van der Waals surface area contributed by atoms with Gasteiger partial charge >= 0.3 is 0 Å². The SMILES string of the molecule is CCOC1CC(n2cncc2C(C)(C)NC)C1(C)C. The first-order valence-corrected chi connectivity index (χ1v) is 7.17. The lowest BCUT2D eigenvalue weighted by Crippen LogP contribution is -2.52. The van der Waals surface area contributed by atoms with Crippen LogP contribution in [0.2, 0.25) is 0 Å². The molecule has 1 aromatic rings. The average Bonchev–Trinajstić information content (AvgIpc) is 2.83. The Morgan fingerprint density at radius 3 is 2.74 bits per heavy atom. The summed E-state index contributed by atoms with van der Waals surface area (Å²) in [5.74, 6) is 0. The van der Waals surface area contributed by atoms with E-state index in [2.05, 4.69) is 49.5 Å². The molecule has 4 heteroatoms. The molecule has 1 fully saturated rings. The predicted molar refractivity (Wildman–Crippen MR) is 77.2 cm³/mol. The Balaban J connectivity index is 2.24. The molecule has 2 rings (SSSR count). The molecule has 0 spiro atoms. The van der Waals surface area contributed by atoms with E-state index in [4.69, 9.17) is 4.74 Å². The molecule has 108 valence electrons. The molecule has 0 aromatic carbocycles. The maximum atomic E-state index is 5.82. The van der Waals surface area contributed by atoms with Crippen molar-refractivity contribution in [3.05, 3.63) is 18.2 Å². The van der Waals surface area contributed by atoms with Gasteiger partial charge in [-0.05, 0) is 34.2 Å². The lowest BCUT2D eigenvalue weighted by Gasteiger charge is -2.52. The predicted octanol–water partition coefficient (Wildman–Crippen LogP) is 2.71. The van der Waals surface area contributed by atoms with E-state index in [1.807, 2.05) is 19.6 Å². The van der Waals surface area contributed by atoms with Crippen LogP contribution in [0.25, 0.3) is 0 Å². The summed E-state index contributed by atoms with van der Waals surface area (Å²) in [4.78, 5) is 4.36. The lowest BCUT2D eigenvalue weighted by molar-refractivity contribution is -0.128. The Morgan fingerprint density at radius 1 is 1.53 bits per heavy atom. The highest BCUT2D eigenvalue weighted by atomic mass is 16.5. The Hall–Kier alpha value is -0.870. The highest BCUT2D eigenvalue weighted by Gasteiger charge is 2.50. The van der Waals surface area contributed by atoms with Crippen molar-refractivity contribution in [2.24, 2.45) is 5.41 Å². The average molecular weight is 265 g/mol. The zero-order valence-corrected chi connectivity index (χ0v) is 13.0. The molecule has 0 aliphatic heterocycles. The minimum Gasteiger partial charge on any atom is -0.378 e. The fraction of sp³-hybridized carbons (Fsp3) is 0.800. The Kier molecular flexibility index (Phi) is 3.76. The smallest absolute Gasteiger partial charge is 0.0951 e. The number of hydrogen-bond acceptors (Lipinski definition) is 3. The Labute approximate surface area is 116 Å². The largest absolute Gasteiger partial charge is 0.378 e. The normalized spacial score (nSPS) is 26.2. The third kappa shape index (κ3) is 2.32. The van der Waals surface area contributed by atoms with Crippen LogP contribution in [0.3, 0.4) is 0 Å². The van der Waals surface area contributed by atoms with E-state index >= 15 is 0 Å². The summed E-state index contributed by atoms with van der Waals surface area (Å²) in [6, 6.07) is 0.467. The highest BCUT2D eigenvalue weighted by molar-refractivity contribution is 5.16. The number of ether oxygens (including phenoxy) is 1. The molecule has 1 aliphatic rings. The third-order valence-electron chi connectivity index (χ3n) is 4.76. The van der Waals surface area contributed by atoms with Crippen LogP contribution in [0.5, 0.6) is 0 Å². The van der Waals surface area contributed by atoms with Crippen LogP contribution in [0.4, 0.5) is 0 Å². The van der Waals surface area contributed by atoms with Crippen LogP contribution in [-0.2, 0) is 10.3 Å². The number of imidazole rings is 1. The van der Waals surface area contributed by atoms with Crippen LogP contribution >= 0.6 is 0 Å². The quantitative estimate of drug-likeness (QED) is 0.889. The van der Waals surface area contributed by atoms with Gasteiger partial charge in [0.25, 0.3) is 0 Å². The van der Waals surface area contributed by atoms with Gasteiger partial charge < -0.3 is 14.6 Å². The molecule has 0 amide bonds. The maximum absolute atomic E-state index is 5.82. The standard InChI is InChI=1S/C15H27N3O/c1-7-19-13-8-11(14(13,2)3)18-10-17-9-12(18)15(4,5)16-6/h9-11,13,16H,7-8H2,1-6H3. The van der Waals surface area contributed by atoms with Crippen molar-refractivity contribution >= 4 is 0 Å². The second-order valence-corrected chi connectivity index (χ2v) is 6.58. The van der Waals surface area contributed by atoms with Gasteiger partial charge in [0.1, 0.15) is 0 Å². The second-order valence-electron chi connectivity index (χ2n) is 6.58. The summed E-state index contributed by atoms with van der Waals surface area (Å²) in [5.41, 5.74) is 1.33. The number of aromatic nitrogens is 2. The van der Waals surface area contributed by atoms with Crippen molar-refractivity contribution in [1.82, 2.24) is 14.9 Å². The fourth-order valence-corrected chi connectivity index (χ4v) is 2.99. The zero-order valence-electron chi connectivity index (χ0n) is 13.0. The molecule has 1 saturated carbocycles. The molecule has 1 aromatic heterocycles. The monoisotopic (exact) mass is 265 g/mol. The van der Waals surface area contributed by atoms with Gasteiger partial charge in [-0.25, -0.2) is 4.98 Å². The van der Waals surface area contributed by atoms with Crippen molar-refractivity contribution in [2.75, 3.05) is 13.7 Å². The molecular weight excluding hydrogens is 238 g/mol. The number of rotatable bonds is 5. The molecule has 1 aliphatic carbocycles. The summed E-state index contributed by atoms with van der Waals surface area (Å²) in [5, 5.41) is 3.36. The van der Waals surface area contributed by atoms with Crippen molar-refractivity contribution in [1.29, 1.82) is 0 Å². The maximum Gasteiger partial charge on any atom is 0.0951 e. The van der Waals surface area contributed by atoms with Gasteiger partial charge in [0.15, 0.2) is 0 Å². The summed E-state index contributed by atoms with van der Waals surface area (Å²) in [6.45, 7) is 11.8. The van der Waals surface area contributed by atoms with Gasteiger partial charge in [0.2, 0.25) is 0 Å². The molecule has 0 saturated heterocycles. The van der Waals surface area contributed by atoms with Gasteiger partial charge in [0.05, 0.1) is 29.9 Å². The van der Waals surface area contributed by atoms with E-state index in [9.17, 15) is 0 Å². The van der Waals surface area contributed by atoms with Gasteiger partial charge in [-0.15, -0.1) is 0 Å². The van der Waals surface area contributed by atoms with Crippen molar-refractivity contribution in [3.8, 4) is 0 Å². The van der Waals surface area contributed by atoms with E-state index in [1.54, 1.807) is 0 Å². The molecule has 2 atom stereocenters. The Bertz CT molecular complexity index is 436. The molecule has 2 unspecified atom stereocenters. The molecule has 1 heterocycles. The minimum atomic E-state index is -0.0662. The zero-order chi connectivity index (χ0) is 14.3. The van der Waals surface area contributed by atoms with E-state index in [-0.39, 0.29) is 11.0 Å². The van der Waals surface area contributed by atoms with E-state index in [0.717, 1.165) is 13.0 Å².